The van der Waals surface area contributed by atoms with E-state index >= 15 is 0 Å². The van der Waals surface area contributed by atoms with Gasteiger partial charge in [0, 0.05) is 25.5 Å². The summed E-state index contributed by atoms with van der Waals surface area (Å²) >= 11 is 0. The van der Waals surface area contributed by atoms with Crippen LogP contribution >= 0.6 is 0 Å². The van der Waals surface area contributed by atoms with Crippen molar-refractivity contribution in [1.82, 2.24) is 10.3 Å². The van der Waals surface area contributed by atoms with E-state index in [2.05, 4.69) is 10.3 Å². The van der Waals surface area contributed by atoms with E-state index < -0.39 is 5.60 Å². The molecule has 2 rings (SSSR count). The second-order valence-corrected chi connectivity index (χ2v) is 5.82. The first-order chi connectivity index (χ1) is 11.1. The minimum Gasteiger partial charge on any atom is -0.489 e. The fourth-order valence-electron chi connectivity index (χ4n) is 2.29. The fraction of sp³-hybridized carbons (Fsp3) is 0.421. The van der Waals surface area contributed by atoms with Crippen molar-refractivity contribution in [2.45, 2.75) is 45.4 Å². The SMILES string of the molecule is CCC(O)(CC)CNCc1ccc(OCc2ccncc2)cc1. The van der Waals surface area contributed by atoms with Gasteiger partial charge in [-0.1, -0.05) is 26.0 Å². The average molecular weight is 314 g/mol. The highest BCUT2D eigenvalue weighted by Gasteiger charge is 2.20. The summed E-state index contributed by atoms with van der Waals surface area (Å²) in [6.45, 7) is 5.92. The summed E-state index contributed by atoms with van der Waals surface area (Å²) in [6, 6.07) is 11.9. The maximum Gasteiger partial charge on any atom is 0.119 e. The number of aromatic nitrogens is 1. The van der Waals surface area contributed by atoms with Crippen LogP contribution in [0.5, 0.6) is 5.75 Å². The van der Waals surface area contributed by atoms with E-state index in [9.17, 15) is 5.11 Å². The van der Waals surface area contributed by atoms with E-state index in [1.165, 1.54) is 5.56 Å². The summed E-state index contributed by atoms with van der Waals surface area (Å²) in [4.78, 5) is 3.99. The molecule has 4 heteroatoms. The third-order valence-corrected chi connectivity index (χ3v) is 4.18. The molecule has 2 aromatic rings. The number of benzene rings is 1. The summed E-state index contributed by atoms with van der Waals surface area (Å²) in [5.74, 6) is 0.851. The van der Waals surface area contributed by atoms with E-state index in [0.29, 0.717) is 13.2 Å². The van der Waals surface area contributed by atoms with Gasteiger partial charge in [-0.05, 0) is 48.2 Å². The molecule has 0 bridgehead atoms. The number of hydrogen-bond donors (Lipinski definition) is 2. The van der Waals surface area contributed by atoms with Gasteiger partial charge in [-0.2, -0.15) is 0 Å². The van der Waals surface area contributed by atoms with Gasteiger partial charge < -0.3 is 15.2 Å². The molecule has 0 spiro atoms. The molecule has 1 aromatic heterocycles. The third-order valence-electron chi connectivity index (χ3n) is 4.18. The molecule has 0 aliphatic rings. The molecule has 1 heterocycles. The second-order valence-electron chi connectivity index (χ2n) is 5.82. The topological polar surface area (TPSA) is 54.4 Å². The highest BCUT2D eigenvalue weighted by atomic mass is 16.5. The molecular formula is C19H26N2O2. The lowest BCUT2D eigenvalue weighted by atomic mass is 9.97. The maximum atomic E-state index is 10.2. The molecule has 1 aromatic carbocycles. The van der Waals surface area contributed by atoms with Gasteiger partial charge in [-0.3, -0.25) is 4.98 Å². The molecule has 0 radical (unpaired) electrons. The molecule has 0 saturated heterocycles. The zero-order valence-electron chi connectivity index (χ0n) is 14.0. The Hall–Kier alpha value is -1.91. The van der Waals surface area contributed by atoms with E-state index in [4.69, 9.17) is 4.74 Å². The van der Waals surface area contributed by atoms with Crippen molar-refractivity contribution in [2.24, 2.45) is 0 Å². The first-order valence-corrected chi connectivity index (χ1v) is 8.19. The van der Waals surface area contributed by atoms with Crippen LogP contribution in [0.15, 0.2) is 48.8 Å². The molecule has 4 nitrogen and oxygen atoms in total. The Morgan fingerprint density at radius 3 is 2.26 bits per heavy atom. The quantitative estimate of drug-likeness (QED) is 0.745. The standard InChI is InChI=1S/C19H26N2O2/c1-3-19(22,4-2)15-21-13-16-5-7-18(8-6-16)23-14-17-9-11-20-12-10-17/h5-12,21-22H,3-4,13-15H2,1-2H3. The Morgan fingerprint density at radius 2 is 1.65 bits per heavy atom. The van der Waals surface area contributed by atoms with E-state index in [1.54, 1.807) is 12.4 Å². The summed E-state index contributed by atoms with van der Waals surface area (Å²) < 4.78 is 5.75. The molecule has 0 fully saturated rings. The van der Waals surface area contributed by atoms with E-state index in [0.717, 1.165) is 30.7 Å². The van der Waals surface area contributed by atoms with Crippen molar-refractivity contribution in [3.8, 4) is 5.75 Å². The van der Waals surface area contributed by atoms with Gasteiger partial charge in [0.2, 0.25) is 0 Å². The second kappa shape index (κ2) is 8.65. The molecule has 2 N–H and O–H groups in total. The molecule has 0 aliphatic heterocycles. The predicted octanol–water partition coefficient (Wildman–Crippen LogP) is 3.30. The van der Waals surface area contributed by atoms with E-state index in [-0.39, 0.29) is 0 Å². The van der Waals surface area contributed by atoms with Gasteiger partial charge in [-0.15, -0.1) is 0 Å². The summed E-state index contributed by atoms with van der Waals surface area (Å²) in [5.41, 5.74) is 1.67. The molecule has 0 aliphatic carbocycles. The zero-order chi connectivity index (χ0) is 16.5. The Morgan fingerprint density at radius 1 is 1.00 bits per heavy atom. The highest BCUT2D eigenvalue weighted by Crippen LogP contribution is 2.15. The minimum atomic E-state index is -0.604. The van der Waals surface area contributed by atoms with Crippen LogP contribution in [0.25, 0.3) is 0 Å². The number of rotatable bonds is 9. The number of pyridine rings is 1. The van der Waals surface area contributed by atoms with Crippen molar-refractivity contribution >= 4 is 0 Å². The van der Waals surface area contributed by atoms with Gasteiger partial charge in [0.05, 0.1) is 5.60 Å². The molecule has 0 atom stereocenters. The molecular weight excluding hydrogens is 288 g/mol. The maximum absolute atomic E-state index is 10.2. The normalized spacial score (nSPS) is 11.4. The summed E-state index contributed by atoms with van der Waals surface area (Å²) in [7, 11) is 0. The number of nitrogens with zero attached hydrogens (tertiary/aromatic N) is 1. The Bertz CT molecular complexity index is 566. The lowest BCUT2D eigenvalue weighted by Crippen LogP contribution is -2.39. The largest absolute Gasteiger partial charge is 0.489 e. The predicted molar refractivity (Wildman–Crippen MR) is 92.2 cm³/mol. The Balaban J connectivity index is 1.78. The number of ether oxygens (including phenoxy) is 1. The third kappa shape index (κ3) is 5.66. The van der Waals surface area contributed by atoms with Crippen molar-refractivity contribution < 1.29 is 9.84 Å². The smallest absolute Gasteiger partial charge is 0.119 e. The van der Waals surface area contributed by atoms with Crippen LogP contribution in [0, 0.1) is 0 Å². The molecule has 124 valence electrons. The number of aliphatic hydroxyl groups is 1. The first kappa shape index (κ1) is 17.4. The van der Waals surface area contributed by atoms with Gasteiger partial charge in [-0.25, -0.2) is 0 Å². The van der Waals surface area contributed by atoms with Crippen LogP contribution in [-0.4, -0.2) is 22.2 Å². The summed E-state index contributed by atoms with van der Waals surface area (Å²) in [5, 5.41) is 13.6. The van der Waals surface area contributed by atoms with Gasteiger partial charge in [0.1, 0.15) is 12.4 Å². The van der Waals surface area contributed by atoms with Crippen LogP contribution in [0.3, 0.4) is 0 Å². The van der Waals surface area contributed by atoms with E-state index in [1.807, 2.05) is 50.2 Å². The monoisotopic (exact) mass is 314 g/mol. The lowest BCUT2D eigenvalue weighted by Gasteiger charge is -2.25. The van der Waals surface area contributed by atoms with Crippen molar-refractivity contribution in [1.29, 1.82) is 0 Å². The first-order valence-electron chi connectivity index (χ1n) is 8.19. The fourth-order valence-corrected chi connectivity index (χ4v) is 2.29. The van der Waals surface area contributed by atoms with Crippen LogP contribution in [0.1, 0.15) is 37.8 Å². The molecule has 0 unspecified atom stereocenters. The molecule has 0 amide bonds. The van der Waals surface area contributed by atoms with Gasteiger partial charge in [0.15, 0.2) is 0 Å². The van der Waals surface area contributed by atoms with Crippen LogP contribution in [-0.2, 0) is 13.2 Å². The lowest BCUT2D eigenvalue weighted by molar-refractivity contribution is 0.0323. The number of hydrogen-bond acceptors (Lipinski definition) is 4. The van der Waals surface area contributed by atoms with Crippen LogP contribution in [0.2, 0.25) is 0 Å². The van der Waals surface area contributed by atoms with Gasteiger partial charge in [0.25, 0.3) is 0 Å². The molecule has 0 saturated carbocycles. The zero-order valence-corrected chi connectivity index (χ0v) is 14.0. The van der Waals surface area contributed by atoms with Crippen molar-refractivity contribution in [2.75, 3.05) is 6.54 Å². The average Bonchev–Trinajstić information content (AvgIpc) is 2.62. The Kier molecular flexibility index (Phi) is 6.56. The van der Waals surface area contributed by atoms with Crippen molar-refractivity contribution in [3.63, 3.8) is 0 Å². The van der Waals surface area contributed by atoms with Crippen LogP contribution in [0.4, 0.5) is 0 Å². The number of nitrogens with one attached hydrogen (secondary N) is 1. The Labute approximate surface area is 138 Å². The molecule has 23 heavy (non-hydrogen) atoms. The van der Waals surface area contributed by atoms with Crippen molar-refractivity contribution in [3.05, 3.63) is 59.9 Å². The van der Waals surface area contributed by atoms with Gasteiger partial charge >= 0.3 is 0 Å². The minimum absolute atomic E-state index is 0.542. The highest BCUT2D eigenvalue weighted by molar-refractivity contribution is 5.27. The van der Waals surface area contributed by atoms with Crippen LogP contribution < -0.4 is 10.1 Å². The summed E-state index contributed by atoms with van der Waals surface area (Å²) in [6.07, 6.45) is 5.05.